The van der Waals surface area contributed by atoms with Crippen molar-refractivity contribution in [3.63, 3.8) is 0 Å². The topological polar surface area (TPSA) is 74.8 Å². The number of esters is 1. The minimum Gasteiger partial charge on any atom is -0.492 e. The van der Waals surface area contributed by atoms with Crippen molar-refractivity contribution in [1.29, 1.82) is 0 Å². The lowest BCUT2D eigenvalue weighted by atomic mass is 10.3. The van der Waals surface area contributed by atoms with Crippen LogP contribution in [0.25, 0.3) is 5.65 Å². The minimum atomic E-state index is -0.322. The summed E-state index contributed by atoms with van der Waals surface area (Å²) in [5.74, 6) is 0.421. The summed E-state index contributed by atoms with van der Waals surface area (Å²) in [5.41, 5.74) is 0.312. The number of hydrogen-bond donors (Lipinski definition) is 0. The highest BCUT2D eigenvalue weighted by Crippen LogP contribution is 2.23. The smallest absolute Gasteiger partial charge is 0.350 e. The fourth-order valence-corrected chi connectivity index (χ4v) is 2.79. The van der Waals surface area contributed by atoms with Crippen LogP contribution in [0.3, 0.4) is 0 Å². The summed E-state index contributed by atoms with van der Waals surface area (Å²) < 4.78 is 14.4. The van der Waals surface area contributed by atoms with E-state index in [0.29, 0.717) is 18.7 Å². The van der Waals surface area contributed by atoms with Crippen LogP contribution >= 0.6 is 15.9 Å². The number of fused-ring (bicyclic) bond motifs is 1. The minimum absolute atomic E-state index is 0.105. The molecule has 0 aliphatic heterocycles. The summed E-state index contributed by atoms with van der Waals surface area (Å²) in [6.45, 7) is 0.747. The first-order valence-corrected chi connectivity index (χ1v) is 9.01. The highest BCUT2D eigenvalue weighted by atomic mass is 79.9. The number of carbonyl (C=O) groups is 1. The maximum absolute atomic E-state index is 12.1. The van der Waals surface area contributed by atoms with Gasteiger partial charge < -0.3 is 9.47 Å². The van der Waals surface area contributed by atoms with E-state index in [1.54, 1.807) is 18.3 Å². The zero-order valence-electron chi connectivity index (χ0n) is 14.0. The molecule has 0 N–H and O–H groups in total. The van der Waals surface area contributed by atoms with E-state index in [2.05, 4.69) is 21.0 Å². The second kappa shape index (κ2) is 8.66. The highest BCUT2D eigenvalue weighted by molar-refractivity contribution is 9.10. The Morgan fingerprint density at radius 3 is 2.73 bits per heavy atom. The molecule has 0 unspecified atom stereocenters. The van der Waals surface area contributed by atoms with E-state index >= 15 is 0 Å². The molecule has 3 aromatic rings. The third kappa shape index (κ3) is 4.51. The number of aromatic nitrogens is 3. The first-order chi connectivity index (χ1) is 12.6. The predicted octanol–water partition coefficient (Wildman–Crippen LogP) is 2.66. The van der Waals surface area contributed by atoms with Crippen LogP contribution < -0.4 is 10.4 Å². The number of nitrogens with zero attached hydrogens (tertiary/aromatic N) is 3. The van der Waals surface area contributed by atoms with Crippen molar-refractivity contribution in [1.82, 2.24) is 14.2 Å². The van der Waals surface area contributed by atoms with Gasteiger partial charge >= 0.3 is 11.7 Å². The van der Waals surface area contributed by atoms with Crippen LogP contribution in [0.1, 0.15) is 12.8 Å². The van der Waals surface area contributed by atoms with Crippen molar-refractivity contribution in [3.8, 4) is 5.75 Å². The van der Waals surface area contributed by atoms with Crippen molar-refractivity contribution in [2.45, 2.75) is 19.4 Å². The Labute approximate surface area is 158 Å². The average Bonchev–Trinajstić information content (AvgIpc) is 2.96. The lowest BCUT2D eigenvalue weighted by molar-refractivity contribution is -0.144. The Hall–Kier alpha value is -2.61. The average molecular weight is 420 g/mol. The Kier molecular flexibility index (Phi) is 6.06. The van der Waals surface area contributed by atoms with Crippen molar-refractivity contribution in [2.75, 3.05) is 13.2 Å². The molecule has 0 aliphatic carbocycles. The molecule has 1 aromatic carbocycles. The molecule has 0 amide bonds. The quantitative estimate of drug-likeness (QED) is 0.414. The van der Waals surface area contributed by atoms with Crippen LogP contribution in [0.5, 0.6) is 5.75 Å². The summed E-state index contributed by atoms with van der Waals surface area (Å²) in [5, 5.41) is 4.18. The first-order valence-electron chi connectivity index (χ1n) is 8.22. The molecule has 7 nitrogen and oxygen atoms in total. The lowest BCUT2D eigenvalue weighted by Gasteiger charge is -2.08. The molecule has 0 saturated carbocycles. The molecule has 0 radical (unpaired) electrons. The zero-order chi connectivity index (χ0) is 18.4. The van der Waals surface area contributed by atoms with Crippen LogP contribution in [0.4, 0.5) is 0 Å². The van der Waals surface area contributed by atoms with Crippen LogP contribution in [0.15, 0.2) is 57.9 Å². The van der Waals surface area contributed by atoms with Gasteiger partial charge in [-0.05, 0) is 46.6 Å². The summed E-state index contributed by atoms with van der Waals surface area (Å²) in [4.78, 5) is 23.8. The summed E-state index contributed by atoms with van der Waals surface area (Å²) in [6.07, 6.45) is 2.46. The number of pyridine rings is 1. The third-order valence-electron chi connectivity index (χ3n) is 3.67. The van der Waals surface area contributed by atoms with Crippen LogP contribution in [0.2, 0.25) is 0 Å². The normalized spacial score (nSPS) is 10.8. The number of hydrogen-bond acceptors (Lipinski definition) is 5. The first kappa shape index (κ1) is 18.2. The van der Waals surface area contributed by atoms with E-state index < -0.39 is 0 Å². The second-order valence-corrected chi connectivity index (χ2v) is 6.39. The van der Waals surface area contributed by atoms with E-state index in [4.69, 9.17) is 9.47 Å². The molecule has 2 heterocycles. The second-order valence-electron chi connectivity index (χ2n) is 5.54. The fourth-order valence-electron chi connectivity index (χ4n) is 2.39. The van der Waals surface area contributed by atoms with Gasteiger partial charge in [0, 0.05) is 12.6 Å². The number of ether oxygens (including phenoxy) is 2. The molecule has 0 spiro atoms. The Bertz CT molecular complexity index is 951. The van der Waals surface area contributed by atoms with Gasteiger partial charge in [0.15, 0.2) is 5.65 Å². The Morgan fingerprint density at radius 1 is 1.12 bits per heavy atom. The van der Waals surface area contributed by atoms with E-state index in [0.717, 1.165) is 10.2 Å². The molecular weight excluding hydrogens is 402 g/mol. The molecule has 0 atom stereocenters. The zero-order valence-corrected chi connectivity index (χ0v) is 15.6. The van der Waals surface area contributed by atoms with Gasteiger partial charge in [-0.25, -0.2) is 9.48 Å². The van der Waals surface area contributed by atoms with Crippen molar-refractivity contribution >= 4 is 27.5 Å². The van der Waals surface area contributed by atoms with Gasteiger partial charge in [-0.15, -0.1) is 5.10 Å². The SMILES string of the molecule is O=C(CCCOc1ccccc1Br)OCCn1nc2ccccn2c1=O. The molecule has 8 heteroatoms. The van der Waals surface area contributed by atoms with Gasteiger partial charge in [0.05, 0.1) is 17.6 Å². The van der Waals surface area contributed by atoms with Crippen molar-refractivity contribution in [2.24, 2.45) is 0 Å². The van der Waals surface area contributed by atoms with Crippen LogP contribution in [0, 0.1) is 0 Å². The Morgan fingerprint density at radius 2 is 1.92 bits per heavy atom. The molecule has 3 rings (SSSR count). The molecule has 0 fully saturated rings. The predicted molar refractivity (Wildman–Crippen MR) is 99.3 cm³/mol. The maximum Gasteiger partial charge on any atom is 0.350 e. The standard InChI is InChI=1S/C18H18BrN3O4/c19-14-6-1-2-7-15(14)25-12-5-9-17(23)26-13-11-22-18(24)21-10-4-3-8-16(21)20-22/h1-4,6-8,10H,5,9,11-13H2. The monoisotopic (exact) mass is 419 g/mol. The number of carbonyl (C=O) groups excluding carboxylic acids is 1. The molecule has 26 heavy (non-hydrogen) atoms. The third-order valence-corrected chi connectivity index (χ3v) is 4.33. The molecule has 2 aromatic heterocycles. The van der Waals surface area contributed by atoms with E-state index in [9.17, 15) is 9.59 Å². The van der Waals surface area contributed by atoms with E-state index in [1.165, 1.54) is 9.08 Å². The number of rotatable bonds is 8. The van der Waals surface area contributed by atoms with Gasteiger partial charge in [-0.2, -0.15) is 0 Å². The van der Waals surface area contributed by atoms with Crippen molar-refractivity contribution < 1.29 is 14.3 Å². The van der Waals surface area contributed by atoms with Gasteiger partial charge in [0.1, 0.15) is 12.4 Å². The number of benzene rings is 1. The molecule has 0 saturated heterocycles. The van der Waals surface area contributed by atoms with Crippen LogP contribution in [-0.2, 0) is 16.1 Å². The molecular formula is C18H18BrN3O4. The van der Waals surface area contributed by atoms with Gasteiger partial charge in [0.2, 0.25) is 0 Å². The maximum atomic E-state index is 12.1. The highest BCUT2D eigenvalue weighted by Gasteiger charge is 2.08. The van der Waals surface area contributed by atoms with Crippen molar-refractivity contribution in [3.05, 3.63) is 63.6 Å². The summed E-state index contributed by atoms with van der Waals surface area (Å²) in [6, 6.07) is 12.9. The van der Waals surface area contributed by atoms with Gasteiger partial charge in [-0.1, -0.05) is 18.2 Å². The van der Waals surface area contributed by atoms with Gasteiger partial charge in [0.25, 0.3) is 0 Å². The molecule has 136 valence electrons. The van der Waals surface area contributed by atoms with E-state index in [-0.39, 0.29) is 31.2 Å². The number of halogens is 1. The van der Waals surface area contributed by atoms with E-state index in [1.807, 2.05) is 30.3 Å². The lowest BCUT2D eigenvalue weighted by Crippen LogP contribution is -2.24. The largest absolute Gasteiger partial charge is 0.492 e. The fraction of sp³-hybridized carbons (Fsp3) is 0.278. The summed E-state index contributed by atoms with van der Waals surface area (Å²) in [7, 11) is 0. The van der Waals surface area contributed by atoms with Gasteiger partial charge in [-0.3, -0.25) is 9.20 Å². The Balaban J connectivity index is 1.38. The summed E-state index contributed by atoms with van der Waals surface area (Å²) >= 11 is 3.40. The molecule has 0 bridgehead atoms. The number of para-hydroxylation sites is 1. The van der Waals surface area contributed by atoms with Crippen LogP contribution in [-0.4, -0.2) is 33.4 Å². The molecule has 0 aliphatic rings.